The summed E-state index contributed by atoms with van der Waals surface area (Å²) in [6.45, 7) is 2.74. The summed E-state index contributed by atoms with van der Waals surface area (Å²) in [7, 11) is 1.32. The number of anilines is 1. The van der Waals surface area contributed by atoms with E-state index in [1.807, 2.05) is 6.92 Å². The molecule has 1 N–H and O–H groups in total. The van der Waals surface area contributed by atoms with Gasteiger partial charge in [-0.3, -0.25) is 4.98 Å². The third kappa shape index (κ3) is 2.71. The maximum absolute atomic E-state index is 11.3. The highest BCUT2D eigenvalue weighted by Crippen LogP contribution is 2.17. The van der Waals surface area contributed by atoms with Crippen LogP contribution in [0, 0.1) is 0 Å². The first-order valence-electron chi connectivity index (χ1n) is 5.49. The van der Waals surface area contributed by atoms with E-state index in [4.69, 9.17) is 4.74 Å². The van der Waals surface area contributed by atoms with Crippen LogP contribution in [0.5, 0.6) is 0 Å². The molecule has 2 rings (SSSR count). The molecule has 0 amide bonds. The zero-order valence-electron chi connectivity index (χ0n) is 9.84. The molecule has 1 aliphatic rings. The predicted octanol–water partition coefficient (Wildman–Crippen LogP) is 0.852. The predicted molar refractivity (Wildman–Crippen MR) is 60.8 cm³/mol. The molecule has 0 bridgehead atoms. The van der Waals surface area contributed by atoms with E-state index in [1.165, 1.54) is 13.3 Å². The van der Waals surface area contributed by atoms with Gasteiger partial charge >= 0.3 is 5.97 Å². The number of nitrogens with zero attached hydrogens (tertiary/aromatic N) is 2. The van der Waals surface area contributed by atoms with Crippen molar-refractivity contribution in [2.75, 3.05) is 19.0 Å². The molecule has 1 saturated heterocycles. The lowest BCUT2D eigenvalue weighted by molar-refractivity contribution is 0.0593. The van der Waals surface area contributed by atoms with Crippen LogP contribution in [0.1, 0.15) is 23.8 Å². The van der Waals surface area contributed by atoms with Crippen LogP contribution < -0.4 is 5.32 Å². The molecule has 1 aliphatic heterocycles. The Bertz CT molecular complexity index is 411. The summed E-state index contributed by atoms with van der Waals surface area (Å²) in [4.78, 5) is 19.4. The van der Waals surface area contributed by atoms with E-state index < -0.39 is 5.97 Å². The third-order valence-electron chi connectivity index (χ3n) is 2.74. The lowest BCUT2D eigenvalue weighted by atomic mass is 10.1. The Labute approximate surface area is 99.4 Å². The summed E-state index contributed by atoms with van der Waals surface area (Å²) in [6, 6.07) is 0.206. The summed E-state index contributed by atoms with van der Waals surface area (Å²) < 4.78 is 10.0. The molecule has 1 aromatic heterocycles. The Hall–Kier alpha value is -1.69. The Morgan fingerprint density at radius 1 is 1.59 bits per heavy atom. The smallest absolute Gasteiger partial charge is 0.358 e. The van der Waals surface area contributed by atoms with E-state index in [-0.39, 0.29) is 17.8 Å². The van der Waals surface area contributed by atoms with E-state index in [1.54, 1.807) is 6.20 Å². The monoisotopic (exact) mass is 237 g/mol. The quantitative estimate of drug-likeness (QED) is 0.786. The Kier molecular flexibility index (Phi) is 3.53. The van der Waals surface area contributed by atoms with Crippen molar-refractivity contribution in [1.82, 2.24) is 9.97 Å². The number of carbonyl (C=O) groups excluding carboxylic acids is 1. The number of carbonyl (C=O) groups is 1. The van der Waals surface area contributed by atoms with Gasteiger partial charge in [0.05, 0.1) is 31.6 Å². The van der Waals surface area contributed by atoms with Crippen molar-refractivity contribution in [2.24, 2.45) is 0 Å². The summed E-state index contributed by atoms with van der Waals surface area (Å²) in [5, 5.41) is 3.20. The van der Waals surface area contributed by atoms with Crippen LogP contribution in [0.15, 0.2) is 12.4 Å². The maximum Gasteiger partial charge on any atom is 0.358 e. The number of hydrogen-bond acceptors (Lipinski definition) is 6. The zero-order chi connectivity index (χ0) is 12.3. The highest BCUT2D eigenvalue weighted by Gasteiger charge is 2.24. The first-order chi connectivity index (χ1) is 8.20. The van der Waals surface area contributed by atoms with Crippen molar-refractivity contribution in [3.8, 4) is 0 Å². The van der Waals surface area contributed by atoms with Gasteiger partial charge in [0, 0.05) is 6.61 Å². The van der Waals surface area contributed by atoms with Crippen LogP contribution in [0.3, 0.4) is 0 Å². The molecule has 6 nitrogen and oxygen atoms in total. The fourth-order valence-electron chi connectivity index (χ4n) is 1.75. The number of nitrogens with one attached hydrogen (secondary N) is 1. The van der Waals surface area contributed by atoms with Crippen molar-refractivity contribution in [3.63, 3.8) is 0 Å². The molecule has 6 heteroatoms. The summed E-state index contributed by atoms with van der Waals surface area (Å²) in [5.74, 6) is 0.0760. The maximum atomic E-state index is 11.3. The van der Waals surface area contributed by atoms with Gasteiger partial charge in [0.25, 0.3) is 0 Å². The SMILES string of the molecule is COC(=O)c1cncc(NC2CCOC2C)n1. The van der Waals surface area contributed by atoms with Crippen LogP contribution in [-0.2, 0) is 9.47 Å². The topological polar surface area (TPSA) is 73.3 Å². The molecule has 1 aromatic rings. The van der Waals surface area contributed by atoms with Gasteiger partial charge in [0.15, 0.2) is 5.69 Å². The fourth-order valence-corrected chi connectivity index (χ4v) is 1.75. The van der Waals surface area contributed by atoms with Crippen molar-refractivity contribution >= 4 is 11.8 Å². The molecule has 2 atom stereocenters. The van der Waals surface area contributed by atoms with E-state index in [2.05, 4.69) is 20.0 Å². The molecule has 2 unspecified atom stereocenters. The largest absolute Gasteiger partial charge is 0.464 e. The lowest BCUT2D eigenvalue weighted by Crippen LogP contribution is -2.27. The highest BCUT2D eigenvalue weighted by atomic mass is 16.5. The Morgan fingerprint density at radius 3 is 3.06 bits per heavy atom. The van der Waals surface area contributed by atoms with Gasteiger partial charge in [0.2, 0.25) is 0 Å². The number of esters is 1. The number of methoxy groups -OCH3 is 1. The second-order valence-electron chi connectivity index (χ2n) is 3.90. The molecule has 1 fully saturated rings. The molecule has 0 spiro atoms. The highest BCUT2D eigenvalue weighted by molar-refractivity contribution is 5.87. The number of hydrogen-bond donors (Lipinski definition) is 1. The van der Waals surface area contributed by atoms with E-state index in [0.717, 1.165) is 13.0 Å². The van der Waals surface area contributed by atoms with Crippen LogP contribution in [-0.4, -0.2) is 41.8 Å². The van der Waals surface area contributed by atoms with Crippen LogP contribution in [0.2, 0.25) is 0 Å². The first-order valence-corrected chi connectivity index (χ1v) is 5.49. The molecule has 0 saturated carbocycles. The molecule has 0 radical (unpaired) electrons. The minimum atomic E-state index is -0.489. The summed E-state index contributed by atoms with van der Waals surface area (Å²) in [6.07, 6.45) is 4.02. The fraction of sp³-hybridized carbons (Fsp3) is 0.545. The summed E-state index contributed by atoms with van der Waals surface area (Å²) in [5.41, 5.74) is 0.198. The number of aromatic nitrogens is 2. The molecular formula is C11H15N3O3. The number of rotatable bonds is 3. The van der Waals surface area contributed by atoms with Crippen molar-refractivity contribution in [1.29, 1.82) is 0 Å². The Balaban J connectivity index is 2.08. The standard InChI is InChI=1S/C11H15N3O3/c1-7-8(3-4-17-7)13-10-6-12-5-9(14-10)11(15)16-2/h5-8H,3-4H2,1-2H3,(H,13,14). The van der Waals surface area contributed by atoms with Crippen molar-refractivity contribution in [3.05, 3.63) is 18.1 Å². The van der Waals surface area contributed by atoms with Crippen molar-refractivity contribution in [2.45, 2.75) is 25.5 Å². The van der Waals surface area contributed by atoms with Crippen molar-refractivity contribution < 1.29 is 14.3 Å². The molecule has 2 heterocycles. The third-order valence-corrected chi connectivity index (χ3v) is 2.74. The molecule has 17 heavy (non-hydrogen) atoms. The second-order valence-corrected chi connectivity index (χ2v) is 3.90. The van der Waals surface area contributed by atoms with E-state index in [9.17, 15) is 4.79 Å². The molecule has 0 aliphatic carbocycles. The number of ether oxygens (including phenoxy) is 2. The van der Waals surface area contributed by atoms with Crippen LogP contribution in [0.25, 0.3) is 0 Å². The molecule has 0 aromatic carbocycles. The first kappa shape index (κ1) is 11.8. The molecular weight excluding hydrogens is 222 g/mol. The second kappa shape index (κ2) is 5.09. The van der Waals surface area contributed by atoms with Gasteiger partial charge < -0.3 is 14.8 Å². The van der Waals surface area contributed by atoms with Crippen LogP contribution in [0.4, 0.5) is 5.82 Å². The van der Waals surface area contributed by atoms with Gasteiger partial charge in [-0.25, -0.2) is 9.78 Å². The zero-order valence-corrected chi connectivity index (χ0v) is 9.84. The minimum absolute atomic E-state index is 0.138. The average Bonchev–Trinajstić information content (AvgIpc) is 2.74. The van der Waals surface area contributed by atoms with Gasteiger partial charge in [-0.15, -0.1) is 0 Å². The van der Waals surface area contributed by atoms with Gasteiger partial charge in [-0.2, -0.15) is 0 Å². The average molecular weight is 237 g/mol. The molecule has 92 valence electrons. The minimum Gasteiger partial charge on any atom is -0.464 e. The van der Waals surface area contributed by atoms with E-state index in [0.29, 0.717) is 5.82 Å². The van der Waals surface area contributed by atoms with E-state index >= 15 is 0 Å². The van der Waals surface area contributed by atoms with Crippen LogP contribution >= 0.6 is 0 Å². The van der Waals surface area contributed by atoms with Gasteiger partial charge in [-0.05, 0) is 13.3 Å². The van der Waals surface area contributed by atoms with Gasteiger partial charge in [0.1, 0.15) is 5.82 Å². The van der Waals surface area contributed by atoms with Gasteiger partial charge in [-0.1, -0.05) is 0 Å². The Morgan fingerprint density at radius 2 is 2.41 bits per heavy atom. The lowest BCUT2D eigenvalue weighted by Gasteiger charge is -2.16. The normalized spacial score (nSPS) is 23.4. The summed E-state index contributed by atoms with van der Waals surface area (Å²) >= 11 is 0.